The van der Waals surface area contributed by atoms with Crippen LogP contribution >= 0.6 is 0 Å². The highest BCUT2D eigenvalue weighted by Crippen LogP contribution is 2.18. The molecule has 4 heteroatoms. The molecule has 0 aromatic carbocycles. The van der Waals surface area contributed by atoms with E-state index in [1.54, 1.807) is 0 Å². The summed E-state index contributed by atoms with van der Waals surface area (Å²) in [5, 5.41) is 2.75. The van der Waals surface area contributed by atoms with E-state index in [2.05, 4.69) is 10.3 Å². The molecular weight excluding hydrogens is 168 g/mol. The van der Waals surface area contributed by atoms with Gasteiger partial charge >= 0.3 is 0 Å². The van der Waals surface area contributed by atoms with Gasteiger partial charge < -0.3 is 10.3 Å². The first-order valence-corrected chi connectivity index (χ1v) is 4.25. The number of hydrogen-bond donors (Lipinski definition) is 2. The summed E-state index contributed by atoms with van der Waals surface area (Å²) < 4.78 is 0. The molecule has 0 unspecified atom stereocenters. The second kappa shape index (κ2) is 3.05. The van der Waals surface area contributed by atoms with E-state index < -0.39 is 0 Å². The van der Waals surface area contributed by atoms with Gasteiger partial charge in [0.25, 0.3) is 5.91 Å². The average molecular weight is 178 g/mol. The first-order chi connectivity index (χ1) is 6.27. The van der Waals surface area contributed by atoms with E-state index in [1.807, 2.05) is 0 Å². The van der Waals surface area contributed by atoms with Crippen LogP contribution in [0, 0.1) is 0 Å². The standard InChI is InChI=1S/C9H10N2O2/c12-8-3-4-10-5-7(8)9(13)11-6-1-2-6/h3-6H,1-2H2,(H,10,12)(H,11,13). The lowest BCUT2D eigenvalue weighted by Crippen LogP contribution is -2.29. The van der Waals surface area contributed by atoms with Crippen molar-refractivity contribution in [2.75, 3.05) is 0 Å². The molecule has 0 bridgehead atoms. The Morgan fingerprint density at radius 3 is 2.92 bits per heavy atom. The van der Waals surface area contributed by atoms with Crippen molar-refractivity contribution in [3.05, 3.63) is 34.2 Å². The SMILES string of the molecule is O=C(NC1CC1)c1c[nH]ccc1=O. The Bertz CT molecular complexity index is 379. The monoisotopic (exact) mass is 178 g/mol. The molecule has 0 saturated heterocycles. The van der Waals surface area contributed by atoms with Gasteiger partial charge in [0.15, 0.2) is 5.43 Å². The molecular formula is C9H10N2O2. The summed E-state index contributed by atoms with van der Waals surface area (Å²) in [5.74, 6) is -0.274. The Labute approximate surface area is 75.0 Å². The highest BCUT2D eigenvalue weighted by atomic mass is 16.2. The van der Waals surface area contributed by atoms with Crippen molar-refractivity contribution in [2.45, 2.75) is 18.9 Å². The molecule has 2 N–H and O–H groups in total. The molecule has 1 aliphatic rings. The van der Waals surface area contributed by atoms with Gasteiger partial charge in [-0.05, 0) is 12.8 Å². The number of aromatic nitrogens is 1. The van der Waals surface area contributed by atoms with Gasteiger partial charge in [-0.15, -0.1) is 0 Å². The van der Waals surface area contributed by atoms with Crippen LogP contribution in [0.4, 0.5) is 0 Å². The lowest BCUT2D eigenvalue weighted by Gasteiger charge is -2.00. The number of carbonyl (C=O) groups is 1. The third-order valence-electron chi connectivity index (χ3n) is 1.98. The average Bonchev–Trinajstić information content (AvgIpc) is 2.89. The molecule has 1 saturated carbocycles. The smallest absolute Gasteiger partial charge is 0.256 e. The molecule has 1 aliphatic carbocycles. The van der Waals surface area contributed by atoms with Gasteiger partial charge in [-0.3, -0.25) is 9.59 Å². The minimum absolute atomic E-state index is 0.189. The molecule has 2 rings (SSSR count). The molecule has 1 aromatic rings. The highest BCUT2D eigenvalue weighted by Gasteiger charge is 2.24. The lowest BCUT2D eigenvalue weighted by atomic mass is 10.2. The lowest BCUT2D eigenvalue weighted by molar-refractivity contribution is 0.0949. The number of amides is 1. The maximum atomic E-state index is 11.4. The third-order valence-corrected chi connectivity index (χ3v) is 1.98. The van der Waals surface area contributed by atoms with Crippen LogP contribution in [0.15, 0.2) is 23.3 Å². The maximum Gasteiger partial charge on any atom is 0.256 e. The molecule has 0 spiro atoms. The predicted molar refractivity (Wildman–Crippen MR) is 47.6 cm³/mol. The van der Waals surface area contributed by atoms with E-state index in [4.69, 9.17) is 0 Å². The van der Waals surface area contributed by atoms with Gasteiger partial charge in [0, 0.05) is 24.5 Å². The number of H-pyrrole nitrogens is 1. The molecule has 1 fully saturated rings. The summed E-state index contributed by atoms with van der Waals surface area (Å²) >= 11 is 0. The van der Waals surface area contributed by atoms with E-state index in [-0.39, 0.29) is 22.9 Å². The van der Waals surface area contributed by atoms with Crippen LogP contribution in [0.1, 0.15) is 23.2 Å². The number of hydrogen-bond acceptors (Lipinski definition) is 2. The Hall–Kier alpha value is -1.58. The Balaban J connectivity index is 2.18. The Morgan fingerprint density at radius 2 is 2.31 bits per heavy atom. The topological polar surface area (TPSA) is 62.0 Å². The van der Waals surface area contributed by atoms with Crippen molar-refractivity contribution in [2.24, 2.45) is 0 Å². The molecule has 1 aromatic heterocycles. The first kappa shape index (κ1) is 8.04. The highest BCUT2D eigenvalue weighted by molar-refractivity contribution is 5.94. The van der Waals surface area contributed by atoms with Gasteiger partial charge in [-0.25, -0.2) is 0 Å². The molecule has 1 amide bonds. The first-order valence-electron chi connectivity index (χ1n) is 4.25. The quantitative estimate of drug-likeness (QED) is 0.682. The fourth-order valence-corrected chi connectivity index (χ4v) is 1.08. The normalized spacial score (nSPS) is 15.4. The molecule has 1 heterocycles. The van der Waals surface area contributed by atoms with Crippen molar-refractivity contribution in [3.8, 4) is 0 Å². The summed E-state index contributed by atoms with van der Waals surface area (Å²) in [6, 6.07) is 1.63. The maximum absolute atomic E-state index is 11.4. The van der Waals surface area contributed by atoms with Crippen LogP contribution in [0.5, 0.6) is 0 Å². The number of pyridine rings is 1. The van der Waals surface area contributed by atoms with E-state index in [1.165, 1.54) is 18.5 Å². The van der Waals surface area contributed by atoms with Crippen LogP contribution in [-0.2, 0) is 0 Å². The van der Waals surface area contributed by atoms with Crippen LogP contribution < -0.4 is 10.7 Å². The van der Waals surface area contributed by atoms with E-state index >= 15 is 0 Å². The van der Waals surface area contributed by atoms with Crippen molar-refractivity contribution in [3.63, 3.8) is 0 Å². The fraction of sp³-hybridized carbons (Fsp3) is 0.333. The zero-order valence-electron chi connectivity index (χ0n) is 7.04. The molecule has 0 radical (unpaired) electrons. The van der Waals surface area contributed by atoms with Crippen LogP contribution in [0.25, 0.3) is 0 Å². The number of rotatable bonds is 2. The zero-order valence-corrected chi connectivity index (χ0v) is 7.04. The van der Waals surface area contributed by atoms with Gasteiger partial charge in [-0.1, -0.05) is 0 Å². The van der Waals surface area contributed by atoms with Gasteiger partial charge in [-0.2, -0.15) is 0 Å². The minimum atomic E-state index is -0.274. The van der Waals surface area contributed by atoms with E-state index in [0.29, 0.717) is 0 Å². The second-order valence-corrected chi connectivity index (χ2v) is 3.17. The fourth-order valence-electron chi connectivity index (χ4n) is 1.08. The molecule has 13 heavy (non-hydrogen) atoms. The Kier molecular flexibility index (Phi) is 1.88. The summed E-state index contributed by atoms with van der Waals surface area (Å²) in [4.78, 5) is 25.3. The molecule has 0 aliphatic heterocycles. The zero-order chi connectivity index (χ0) is 9.26. The summed E-state index contributed by atoms with van der Waals surface area (Å²) in [7, 11) is 0. The van der Waals surface area contributed by atoms with Crippen molar-refractivity contribution >= 4 is 5.91 Å². The third kappa shape index (κ3) is 1.77. The second-order valence-electron chi connectivity index (χ2n) is 3.17. The minimum Gasteiger partial charge on any atom is -0.367 e. The Morgan fingerprint density at radius 1 is 1.54 bits per heavy atom. The molecule has 0 atom stereocenters. The number of carbonyl (C=O) groups excluding carboxylic acids is 1. The van der Waals surface area contributed by atoms with Crippen LogP contribution in [0.2, 0.25) is 0 Å². The van der Waals surface area contributed by atoms with Gasteiger partial charge in [0.05, 0.1) is 0 Å². The van der Waals surface area contributed by atoms with E-state index in [9.17, 15) is 9.59 Å². The van der Waals surface area contributed by atoms with Gasteiger partial charge in [0.2, 0.25) is 0 Å². The summed E-state index contributed by atoms with van der Waals surface area (Å²) in [6.07, 6.45) is 4.99. The van der Waals surface area contributed by atoms with Crippen LogP contribution in [-0.4, -0.2) is 16.9 Å². The predicted octanol–water partition coefficient (Wildman–Crippen LogP) is 0.267. The van der Waals surface area contributed by atoms with E-state index in [0.717, 1.165) is 12.8 Å². The number of nitrogens with one attached hydrogen (secondary N) is 2. The van der Waals surface area contributed by atoms with Crippen molar-refractivity contribution < 1.29 is 4.79 Å². The summed E-state index contributed by atoms with van der Waals surface area (Å²) in [5.41, 5.74) is -0.0497. The van der Waals surface area contributed by atoms with Crippen molar-refractivity contribution in [1.82, 2.24) is 10.3 Å². The summed E-state index contributed by atoms with van der Waals surface area (Å²) in [6.45, 7) is 0. The number of aromatic amines is 1. The van der Waals surface area contributed by atoms with Crippen LogP contribution in [0.3, 0.4) is 0 Å². The molecule has 4 nitrogen and oxygen atoms in total. The van der Waals surface area contributed by atoms with Crippen molar-refractivity contribution in [1.29, 1.82) is 0 Å². The molecule has 68 valence electrons. The van der Waals surface area contributed by atoms with Gasteiger partial charge in [0.1, 0.15) is 5.56 Å². The largest absolute Gasteiger partial charge is 0.367 e.